The van der Waals surface area contributed by atoms with Crippen LogP contribution in [0, 0.1) is 0 Å². The second-order valence-corrected chi connectivity index (χ2v) is 6.66. The van der Waals surface area contributed by atoms with E-state index in [2.05, 4.69) is 0 Å². The summed E-state index contributed by atoms with van der Waals surface area (Å²) < 4.78 is 36.3. The highest BCUT2D eigenvalue weighted by molar-refractivity contribution is 7.90. The van der Waals surface area contributed by atoms with Crippen LogP contribution < -0.4 is 9.46 Å². The van der Waals surface area contributed by atoms with E-state index in [1.807, 2.05) is 10.8 Å². The number of nitrogens with one attached hydrogen (secondary N) is 1. The van der Waals surface area contributed by atoms with Crippen molar-refractivity contribution in [2.24, 2.45) is 0 Å². The van der Waals surface area contributed by atoms with Crippen molar-refractivity contribution < 1.29 is 22.7 Å². The van der Waals surface area contributed by atoms with Crippen LogP contribution in [0.2, 0.25) is 0 Å². The molecule has 0 unspecified atom stereocenters. The van der Waals surface area contributed by atoms with Crippen LogP contribution in [0.25, 0.3) is 0 Å². The summed E-state index contributed by atoms with van der Waals surface area (Å²) in [5.74, 6) is -0.361. The van der Waals surface area contributed by atoms with E-state index in [-0.39, 0.29) is 18.5 Å². The van der Waals surface area contributed by atoms with Crippen molar-refractivity contribution >= 4 is 15.9 Å². The van der Waals surface area contributed by atoms with Gasteiger partial charge in [0.1, 0.15) is 5.75 Å². The highest BCUT2D eigenvalue weighted by atomic mass is 32.2. The number of rotatable bonds is 6. The van der Waals surface area contributed by atoms with Crippen LogP contribution >= 0.6 is 0 Å². The number of amides is 1. The Bertz CT molecular complexity index is 552. The summed E-state index contributed by atoms with van der Waals surface area (Å²) in [6.45, 7) is 0.236. The lowest BCUT2D eigenvalue weighted by molar-refractivity contribution is -0.121. The molecule has 0 aromatic heterocycles. The molecule has 1 aromatic carbocycles. The summed E-state index contributed by atoms with van der Waals surface area (Å²) in [4.78, 5) is 11.6. The van der Waals surface area contributed by atoms with Gasteiger partial charge in [-0.1, -0.05) is 18.2 Å². The molecule has 0 aliphatic carbocycles. The van der Waals surface area contributed by atoms with Gasteiger partial charge in [-0.05, 0) is 31.4 Å². The zero-order valence-corrected chi connectivity index (χ0v) is 12.5. The Morgan fingerprint density at radius 3 is 2.71 bits per heavy atom. The molecule has 1 atom stereocenters. The van der Waals surface area contributed by atoms with Crippen LogP contribution in [-0.2, 0) is 19.6 Å². The summed E-state index contributed by atoms with van der Waals surface area (Å²) in [7, 11) is -3.69. The van der Waals surface area contributed by atoms with Crippen LogP contribution in [0.15, 0.2) is 30.3 Å². The maximum absolute atomic E-state index is 11.9. The van der Waals surface area contributed by atoms with Crippen molar-refractivity contribution in [1.82, 2.24) is 4.72 Å². The second-order valence-electron chi connectivity index (χ2n) is 4.90. The molecule has 1 fully saturated rings. The van der Waals surface area contributed by atoms with Crippen molar-refractivity contribution in [3.63, 3.8) is 0 Å². The van der Waals surface area contributed by atoms with E-state index >= 15 is 0 Å². The minimum Gasteiger partial charge on any atom is -0.484 e. The molecule has 0 saturated carbocycles. The van der Waals surface area contributed by atoms with Crippen molar-refractivity contribution in [2.75, 3.05) is 19.0 Å². The molecule has 1 aliphatic rings. The van der Waals surface area contributed by atoms with Gasteiger partial charge >= 0.3 is 0 Å². The third-order valence-corrected chi connectivity index (χ3v) is 4.41. The van der Waals surface area contributed by atoms with E-state index in [0.717, 1.165) is 12.8 Å². The number of carbonyl (C=O) groups excluding carboxylic acids is 1. The zero-order valence-electron chi connectivity index (χ0n) is 11.7. The van der Waals surface area contributed by atoms with Gasteiger partial charge in [0.2, 0.25) is 10.0 Å². The Hall–Kier alpha value is -1.60. The molecule has 2 rings (SSSR count). The Morgan fingerprint density at radius 1 is 1.29 bits per heavy atom. The molecule has 7 heteroatoms. The lowest BCUT2D eigenvalue weighted by Gasteiger charge is -2.22. The Labute approximate surface area is 124 Å². The van der Waals surface area contributed by atoms with Crippen LogP contribution in [0.4, 0.5) is 0 Å². The van der Waals surface area contributed by atoms with Gasteiger partial charge in [-0.15, -0.1) is 0 Å². The molecule has 0 bridgehead atoms. The molecule has 1 aliphatic heterocycles. The topological polar surface area (TPSA) is 81.7 Å². The molecular weight excluding hydrogens is 294 g/mol. The van der Waals surface area contributed by atoms with Crippen LogP contribution in [-0.4, -0.2) is 39.4 Å². The van der Waals surface area contributed by atoms with Gasteiger partial charge in [-0.25, -0.2) is 8.42 Å². The number of para-hydroxylation sites is 1. The maximum Gasteiger partial charge on any atom is 0.271 e. The third kappa shape index (κ3) is 5.73. The van der Waals surface area contributed by atoms with Gasteiger partial charge in [0.05, 0.1) is 11.9 Å². The van der Waals surface area contributed by atoms with Crippen molar-refractivity contribution in [2.45, 2.75) is 25.4 Å². The smallest absolute Gasteiger partial charge is 0.271 e. The first-order valence-corrected chi connectivity index (χ1v) is 8.53. The van der Waals surface area contributed by atoms with Crippen LogP contribution in [0.1, 0.15) is 19.3 Å². The van der Waals surface area contributed by atoms with Gasteiger partial charge in [0.25, 0.3) is 5.91 Å². The molecule has 1 N–H and O–H groups in total. The molecule has 0 radical (unpaired) electrons. The lowest BCUT2D eigenvalue weighted by Crippen LogP contribution is -2.40. The normalized spacial score (nSPS) is 19.0. The van der Waals surface area contributed by atoms with E-state index < -0.39 is 15.9 Å². The predicted octanol–water partition coefficient (Wildman–Crippen LogP) is 1.08. The summed E-state index contributed by atoms with van der Waals surface area (Å²) in [5.41, 5.74) is 0. The average Bonchev–Trinajstić information content (AvgIpc) is 2.46. The largest absolute Gasteiger partial charge is 0.484 e. The van der Waals surface area contributed by atoms with Crippen molar-refractivity contribution in [3.05, 3.63) is 30.3 Å². The molecule has 0 spiro atoms. The molecule has 1 saturated heterocycles. The number of hydrogen-bond donors (Lipinski definition) is 1. The first kappa shape index (κ1) is 15.8. The quantitative estimate of drug-likeness (QED) is 0.850. The average molecular weight is 313 g/mol. The number of benzene rings is 1. The van der Waals surface area contributed by atoms with E-state index in [0.29, 0.717) is 18.8 Å². The molecular formula is C14H19NO5S. The monoisotopic (exact) mass is 313 g/mol. The SMILES string of the molecule is O=C(COc1ccccc1)NS(=O)(=O)C[C@H]1CCCCO1. The van der Waals surface area contributed by atoms with E-state index in [4.69, 9.17) is 9.47 Å². The van der Waals surface area contributed by atoms with Crippen molar-refractivity contribution in [1.29, 1.82) is 0 Å². The number of hydrogen-bond acceptors (Lipinski definition) is 5. The number of carbonyl (C=O) groups is 1. The van der Waals surface area contributed by atoms with E-state index in [1.165, 1.54) is 0 Å². The van der Waals surface area contributed by atoms with Gasteiger partial charge in [0.15, 0.2) is 6.61 Å². The van der Waals surface area contributed by atoms with Gasteiger partial charge in [0, 0.05) is 6.61 Å². The maximum atomic E-state index is 11.9. The summed E-state index contributed by atoms with van der Waals surface area (Å²) in [6, 6.07) is 8.74. The van der Waals surface area contributed by atoms with E-state index in [1.54, 1.807) is 24.3 Å². The summed E-state index contributed by atoms with van der Waals surface area (Å²) >= 11 is 0. The minimum absolute atomic E-state index is 0.190. The number of sulfonamides is 1. The highest BCUT2D eigenvalue weighted by Crippen LogP contribution is 2.14. The fourth-order valence-corrected chi connectivity index (χ4v) is 3.34. The lowest BCUT2D eigenvalue weighted by atomic mass is 10.1. The summed E-state index contributed by atoms with van der Waals surface area (Å²) in [6.07, 6.45) is 2.27. The predicted molar refractivity (Wildman–Crippen MR) is 77.5 cm³/mol. The standard InChI is InChI=1S/C14H19NO5S/c16-14(10-20-12-6-2-1-3-7-12)15-21(17,18)11-13-8-4-5-9-19-13/h1-3,6-7,13H,4-5,8-11H2,(H,15,16)/t13-/m1/s1. The Kier molecular flexibility index (Phi) is 5.58. The van der Waals surface area contributed by atoms with Gasteiger partial charge in [-0.2, -0.15) is 0 Å². The molecule has 116 valence electrons. The fourth-order valence-electron chi connectivity index (χ4n) is 2.09. The first-order chi connectivity index (χ1) is 10.1. The fraction of sp³-hybridized carbons (Fsp3) is 0.500. The first-order valence-electron chi connectivity index (χ1n) is 6.88. The van der Waals surface area contributed by atoms with Crippen LogP contribution in [0.3, 0.4) is 0 Å². The molecule has 21 heavy (non-hydrogen) atoms. The molecule has 1 heterocycles. The molecule has 6 nitrogen and oxygen atoms in total. The summed E-state index contributed by atoms with van der Waals surface area (Å²) in [5, 5.41) is 0. The van der Waals surface area contributed by atoms with Crippen molar-refractivity contribution in [3.8, 4) is 5.75 Å². The van der Waals surface area contributed by atoms with E-state index in [9.17, 15) is 13.2 Å². The van der Waals surface area contributed by atoms with Gasteiger partial charge < -0.3 is 9.47 Å². The Morgan fingerprint density at radius 2 is 2.05 bits per heavy atom. The highest BCUT2D eigenvalue weighted by Gasteiger charge is 2.23. The second kappa shape index (κ2) is 7.42. The molecule has 1 aromatic rings. The third-order valence-electron chi connectivity index (χ3n) is 3.06. The number of ether oxygens (including phenoxy) is 2. The minimum atomic E-state index is -3.69. The molecule has 1 amide bonds. The van der Waals surface area contributed by atoms with Crippen LogP contribution in [0.5, 0.6) is 5.75 Å². The van der Waals surface area contributed by atoms with Gasteiger partial charge in [-0.3, -0.25) is 9.52 Å². The zero-order chi connectivity index (χ0) is 15.1. The Balaban J connectivity index is 1.77.